The van der Waals surface area contributed by atoms with E-state index >= 15 is 0 Å². The molecule has 98 valence electrons. The first-order valence-electron chi connectivity index (χ1n) is 6.52. The van der Waals surface area contributed by atoms with Gasteiger partial charge in [-0.25, -0.2) is 4.98 Å². The largest absolute Gasteiger partial charge is 0.395 e. The van der Waals surface area contributed by atoms with E-state index in [1.54, 1.807) is 0 Å². The van der Waals surface area contributed by atoms with Gasteiger partial charge in [-0.1, -0.05) is 19.1 Å². The Morgan fingerprint density at radius 2 is 2.17 bits per heavy atom. The van der Waals surface area contributed by atoms with Crippen LogP contribution in [0.4, 0.5) is 0 Å². The average molecular weight is 247 g/mol. The number of aliphatic hydroxyl groups excluding tert-OH is 1. The molecule has 18 heavy (non-hydrogen) atoms. The number of imidazole rings is 1. The Kier molecular flexibility index (Phi) is 4.33. The Morgan fingerprint density at radius 1 is 1.39 bits per heavy atom. The average Bonchev–Trinajstić information content (AvgIpc) is 2.78. The van der Waals surface area contributed by atoms with Crippen LogP contribution in [-0.4, -0.2) is 34.4 Å². The summed E-state index contributed by atoms with van der Waals surface area (Å²) in [7, 11) is 1.88. The monoisotopic (exact) mass is 247 g/mol. The van der Waals surface area contributed by atoms with Gasteiger partial charge < -0.3 is 15.0 Å². The molecule has 0 aliphatic heterocycles. The summed E-state index contributed by atoms with van der Waals surface area (Å²) >= 11 is 0. The van der Waals surface area contributed by atoms with Gasteiger partial charge in [0.2, 0.25) is 0 Å². The molecule has 0 amide bonds. The van der Waals surface area contributed by atoms with Crippen LogP contribution in [0, 0.1) is 0 Å². The predicted octanol–water partition coefficient (Wildman–Crippen LogP) is 1.57. The van der Waals surface area contributed by atoms with E-state index in [1.165, 1.54) is 5.52 Å². The quantitative estimate of drug-likeness (QED) is 0.814. The van der Waals surface area contributed by atoms with E-state index in [-0.39, 0.29) is 12.6 Å². The molecule has 1 aromatic carbocycles. The Hall–Kier alpha value is -1.39. The van der Waals surface area contributed by atoms with E-state index in [0.29, 0.717) is 0 Å². The maximum absolute atomic E-state index is 9.21. The molecule has 0 saturated heterocycles. The summed E-state index contributed by atoms with van der Waals surface area (Å²) in [5, 5.41) is 12.3. The number of hydrogen-bond donors (Lipinski definition) is 2. The highest BCUT2D eigenvalue weighted by Crippen LogP contribution is 2.17. The van der Waals surface area contributed by atoms with Crippen molar-refractivity contribution in [3.05, 3.63) is 30.1 Å². The molecule has 4 heteroatoms. The van der Waals surface area contributed by atoms with E-state index in [2.05, 4.69) is 27.9 Å². The molecule has 0 saturated carbocycles. The smallest absolute Gasteiger partial charge is 0.109 e. The Bertz CT molecular complexity index is 503. The van der Waals surface area contributed by atoms with Crippen molar-refractivity contribution in [3.8, 4) is 0 Å². The number of hydrogen-bond acceptors (Lipinski definition) is 3. The third kappa shape index (κ3) is 2.54. The van der Waals surface area contributed by atoms with Crippen molar-refractivity contribution in [2.45, 2.75) is 32.4 Å². The number of rotatable bonds is 6. The number of aliphatic hydroxyl groups is 1. The van der Waals surface area contributed by atoms with E-state index in [9.17, 15) is 5.11 Å². The number of aryl methyl sites for hydroxylation is 2. The minimum atomic E-state index is 0.149. The van der Waals surface area contributed by atoms with Crippen LogP contribution in [0.25, 0.3) is 11.0 Å². The molecule has 4 nitrogen and oxygen atoms in total. The zero-order valence-electron chi connectivity index (χ0n) is 11.1. The molecular formula is C14H21N3O. The van der Waals surface area contributed by atoms with Gasteiger partial charge in [-0.3, -0.25) is 0 Å². The van der Waals surface area contributed by atoms with Gasteiger partial charge >= 0.3 is 0 Å². The maximum atomic E-state index is 9.21. The van der Waals surface area contributed by atoms with Gasteiger partial charge in [0.15, 0.2) is 0 Å². The summed E-state index contributed by atoms with van der Waals surface area (Å²) in [5.74, 6) is 1.11. The molecule has 1 unspecified atom stereocenters. The van der Waals surface area contributed by atoms with Crippen LogP contribution in [0.3, 0.4) is 0 Å². The molecule has 0 aliphatic carbocycles. The molecule has 2 N–H and O–H groups in total. The van der Waals surface area contributed by atoms with Gasteiger partial charge in [0.05, 0.1) is 17.6 Å². The highest BCUT2D eigenvalue weighted by molar-refractivity contribution is 5.75. The minimum absolute atomic E-state index is 0.149. The molecule has 2 rings (SSSR count). The number of aromatic nitrogens is 2. The molecule has 1 aromatic heterocycles. The second kappa shape index (κ2) is 5.98. The van der Waals surface area contributed by atoms with Gasteiger partial charge in [0, 0.05) is 19.0 Å². The van der Waals surface area contributed by atoms with Crippen LogP contribution in [-0.2, 0) is 13.0 Å². The molecular weight excluding hydrogens is 226 g/mol. The molecule has 0 radical (unpaired) electrons. The van der Waals surface area contributed by atoms with Crippen LogP contribution in [0.2, 0.25) is 0 Å². The van der Waals surface area contributed by atoms with Gasteiger partial charge in [-0.05, 0) is 25.6 Å². The third-order valence-electron chi connectivity index (χ3n) is 3.38. The highest BCUT2D eigenvalue weighted by Gasteiger charge is 2.10. The third-order valence-corrected chi connectivity index (χ3v) is 3.38. The topological polar surface area (TPSA) is 50.1 Å². The first kappa shape index (κ1) is 13.1. The fraction of sp³-hybridized carbons (Fsp3) is 0.500. The Morgan fingerprint density at radius 3 is 2.83 bits per heavy atom. The van der Waals surface area contributed by atoms with Crippen molar-refractivity contribution in [1.29, 1.82) is 0 Å². The number of fused-ring (bicyclic) bond motifs is 1. The van der Waals surface area contributed by atoms with Crippen molar-refractivity contribution in [1.82, 2.24) is 14.9 Å². The number of likely N-dealkylation sites (N-methyl/N-ethyl adjacent to an activating group) is 1. The number of para-hydroxylation sites is 2. The highest BCUT2D eigenvalue weighted by atomic mass is 16.3. The fourth-order valence-corrected chi connectivity index (χ4v) is 2.26. The van der Waals surface area contributed by atoms with Crippen molar-refractivity contribution in [2.75, 3.05) is 13.7 Å². The van der Waals surface area contributed by atoms with Crippen LogP contribution in [0.5, 0.6) is 0 Å². The SMILES string of the molecule is CCc1nc2ccccc2n1CCC(CO)NC. The summed E-state index contributed by atoms with van der Waals surface area (Å²) < 4.78 is 2.26. The minimum Gasteiger partial charge on any atom is -0.395 e. The first-order chi connectivity index (χ1) is 8.80. The Balaban J connectivity index is 2.25. The van der Waals surface area contributed by atoms with Crippen molar-refractivity contribution < 1.29 is 5.11 Å². The molecule has 0 aliphatic rings. The number of nitrogens with one attached hydrogen (secondary N) is 1. The summed E-state index contributed by atoms with van der Waals surface area (Å²) in [6, 6.07) is 8.36. The van der Waals surface area contributed by atoms with Crippen molar-refractivity contribution in [2.24, 2.45) is 0 Å². The molecule has 0 fully saturated rings. The van der Waals surface area contributed by atoms with Crippen LogP contribution in [0.1, 0.15) is 19.2 Å². The molecule has 1 heterocycles. The predicted molar refractivity (Wildman–Crippen MR) is 73.7 cm³/mol. The summed E-state index contributed by atoms with van der Waals surface area (Å²) in [6.45, 7) is 3.18. The van der Waals surface area contributed by atoms with Crippen molar-refractivity contribution >= 4 is 11.0 Å². The van der Waals surface area contributed by atoms with Crippen LogP contribution < -0.4 is 5.32 Å². The normalized spacial score (nSPS) is 13.1. The lowest BCUT2D eigenvalue weighted by molar-refractivity contribution is 0.238. The molecule has 0 spiro atoms. The van der Waals surface area contributed by atoms with Gasteiger partial charge in [-0.15, -0.1) is 0 Å². The zero-order chi connectivity index (χ0) is 13.0. The standard InChI is InChI=1S/C14H21N3O/c1-3-14-16-12-6-4-5-7-13(12)17(14)9-8-11(10-18)15-2/h4-7,11,15,18H,3,8-10H2,1-2H3. The van der Waals surface area contributed by atoms with E-state index < -0.39 is 0 Å². The van der Waals surface area contributed by atoms with Gasteiger partial charge in [-0.2, -0.15) is 0 Å². The lowest BCUT2D eigenvalue weighted by Gasteiger charge is -2.14. The molecule has 2 aromatic rings. The van der Waals surface area contributed by atoms with E-state index in [4.69, 9.17) is 0 Å². The summed E-state index contributed by atoms with van der Waals surface area (Å²) in [4.78, 5) is 4.64. The molecule has 1 atom stereocenters. The van der Waals surface area contributed by atoms with E-state index in [0.717, 1.165) is 30.7 Å². The second-order valence-electron chi connectivity index (χ2n) is 4.48. The lowest BCUT2D eigenvalue weighted by atomic mass is 10.2. The summed E-state index contributed by atoms with van der Waals surface area (Å²) in [5.41, 5.74) is 2.24. The van der Waals surface area contributed by atoms with Gasteiger partial charge in [0.1, 0.15) is 5.82 Å². The maximum Gasteiger partial charge on any atom is 0.109 e. The second-order valence-corrected chi connectivity index (χ2v) is 4.48. The first-order valence-corrected chi connectivity index (χ1v) is 6.52. The lowest BCUT2D eigenvalue weighted by Crippen LogP contribution is -2.30. The van der Waals surface area contributed by atoms with Crippen molar-refractivity contribution in [3.63, 3.8) is 0 Å². The zero-order valence-corrected chi connectivity index (χ0v) is 11.1. The number of nitrogens with zero attached hydrogens (tertiary/aromatic N) is 2. The van der Waals surface area contributed by atoms with Crippen LogP contribution in [0.15, 0.2) is 24.3 Å². The summed E-state index contributed by atoms with van der Waals surface area (Å²) in [6.07, 6.45) is 1.83. The van der Waals surface area contributed by atoms with E-state index in [1.807, 2.05) is 25.2 Å². The van der Waals surface area contributed by atoms with Crippen LogP contribution >= 0.6 is 0 Å². The fourth-order valence-electron chi connectivity index (χ4n) is 2.26. The van der Waals surface area contributed by atoms with Gasteiger partial charge in [0.25, 0.3) is 0 Å². The molecule has 0 bridgehead atoms. The number of benzene rings is 1. The Labute approximate surface area is 108 Å².